The van der Waals surface area contributed by atoms with Crippen molar-refractivity contribution < 1.29 is 9.53 Å². The van der Waals surface area contributed by atoms with Crippen LogP contribution in [0.2, 0.25) is 0 Å². The normalized spacial score (nSPS) is 10.6. The van der Waals surface area contributed by atoms with Crippen LogP contribution in [0.15, 0.2) is 53.5 Å². The van der Waals surface area contributed by atoms with Crippen LogP contribution in [0.1, 0.15) is 21.5 Å². The number of aliphatic imine (C=N–C) groups is 1. The van der Waals surface area contributed by atoms with E-state index in [1.807, 2.05) is 48.5 Å². The molecule has 0 radical (unpaired) electrons. The first-order chi connectivity index (χ1) is 12.5. The highest BCUT2D eigenvalue weighted by molar-refractivity contribution is 14.0. The first-order valence-corrected chi connectivity index (χ1v) is 8.41. The van der Waals surface area contributed by atoms with E-state index in [9.17, 15) is 4.79 Å². The summed E-state index contributed by atoms with van der Waals surface area (Å²) in [7, 11) is 6.88. The lowest BCUT2D eigenvalue weighted by Gasteiger charge is -2.13. The summed E-state index contributed by atoms with van der Waals surface area (Å²) in [5.41, 5.74) is 2.86. The van der Waals surface area contributed by atoms with E-state index in [2.05, 4.69) is 15.6 Å². The summed E-state index contributed by atoms with van der Waals surface area (Å²) in [6.45, 7) is 1.27. The standard InChI is InChI=1S/C20H26N4O2.HI/c1-21-20(23-14-16-6-5-7-18(12-16)26-4)22-13-15-8-10-17(11-9-15)19(25)24(2)3;/h5-12H,13-14H2,1-4H3,(H2,21,22,23);1H. The number of ether oxygens (including phenoxy) is 1. The number of nitrogens with zero attached hydrogens (tertiary/aromatic N) is 2. The lowest BCUT2D eigenvalue weighted by molar-refractivity contribution is 0.0827. The van der Waals surface area contributed by atoms with Gasteiger partial charge in [-0.3, -0.25) is 9.79 Å². The molecule has 0 aromatic heterocycles. The molecule has 2 aromatic carbocycles. The fraction of sp³-hybridized carbons (Fsp3) is 0.300. The third-order valence-corrected chi connectivity index (χ3v) is 3.88. The Morgan fingerprint density at radius 3 is 2.22 bits per heavy atom. The van der Waals surface area contributed by atoms with E-state index < -0.39 is 0 Å². The van der Waals surface area contributed by atoms with E-state index in [4.69, 9.17) is 4.74 Å². The number of hydrogen-bond acceptors (Lipinski definition) is 3. The quantitative estimate of drug-likeness (QED) is 0.378. The molecule has 0 bridgehead atoms. The maximum absolute atomic E-state index is 11.9. The Kier molecular flexibility index (Phi) is 9.63. The summed E-state index contributed by atoms with van der Waals surface area (Å²) in [5.74, 6) is 1.54. The van der Waals surface area contributed by atoms with Gasteiger partial charge in [0, 0.05) is 39.8 Å². The second-order valence-electron chi connectivity index (χ2n) is 6.03. The molecular formula is C20H27IN4O2. The third kappa shape index (κ3) is 7.09. The Labute approximate surface area is 178 Å². The predicted octanol–water partition coefficient (Wildman–Crippen LogP) is 2.88. The van der Waals surface area contributed by atoms with Gasteiger partial charge in [-0.25, -0.2) is 0 Å². The molecule has 0 spiro atoms. The highest BCUT2D eigenvalue weighted by Crippen LogP contribution is 2.12. The maximum atomic E-state index is 11.9. The van der Waals surface area contributed by atoms with Crippen molar-refractivity contribution in [3.63, 3.8) is 0 Å². The Morgan fingerprint density at radius 2 is 1.67 bits per heavy atom. The summed E-state index contributed by atoms with van der Waals surface area (Å²) in [6, 6.07) is 15.5. The van der Waals surface area contributed by atoms with Gasteiger partial charge >= 0.3 is 0 Å². The largest absolute Gasteiger partial charge is 0.497 e. The number of carbonyl (C=O) groups is 1. The Balaban J connectivity index is 0.00000364. The molecule has 0 aliphatic rings. The molecule has 0 aliphatic carbocycles. The molecule has 1 amide bonds. The number of methoxy groups -OCH3 is 1. The number of hydrogen-bond donors (Lipinski definition) is 2. The molecule has 0 atom stereocenters. The number of amides is 1. The average molecular weight is 482 g/mol. The second kappa shape index (κ2) is 11.4. The molecule has 146 valence electrons. The van der Waals surface area contributed by atoms with Gasteiger partial charge < -0.3 is 20.3 Å². The van der Waals surface area contributed by atoms with Crippen LogP contribution in [0.3, 0.4) is 0 Å². The molecule has 0 unspecified atom stereocenters. The van der Waals surface area contributed by atoms with Gasteiger partial charge in [0.05, 0.1) is 7.11 Å². The smallest absolute Gasteiger partial charge is 0.253 e. The van der Waals surface area contributed by atoms with Gasteiger partial charge in [-0.1, -0.05) is 24.3 Å². The minimum absolute atomic E-state index is 0. The first kappa shape index (κ1) is 22.8. The Morgan fingerprint density at radius 1 is 1.04 bits per heavy atom. The van der Waals surface area contributed by atoms with E-state index in [1.165, 1.54) is 0 Å². The Bertz CT molecular complexity index is 761. The van der Waals surface area contributed by atoms with Crippen molar-refractivity contribution >= 4 is 35.8 Å². The topological polar surface area (TPSA) is 66.0 Å². The summed E-state index contributed by atoms with van der Waals surface area (Å²) in [4.78, 5) is 17.7. The zero-order valence-corrected chi connectivity index (χ0v) is 18.5. The lowest BCUT2D eigenvalue weighted by Crippen LogP contribution is -2.36. The van der Waals surface area contributed by atoms with Gasteiger partial charge in [-0.2, -0.15) is 0 Å². The Hall–Kier alpha value is -2.29. The zero-order valence-electron chi connectivity index (χ0n) is 16.2. The molecule has 2 N–H and O–H groups in total. The van der Waals surface area contributed by atoms with Crippen LogP contribution < -0.4 is 15.4 Å². The van der Waals surface area contributed by atoms with Crippen molar-refractivity contribution in [3.8, 4) is 5.75 Å². The SMILES string of the molecule is CN=C(NCc1ccc(C(=O)N(C)C)cc1)NCc1cccc(OC)c1.I. The molecular weight excluding hydrogens is 455 g/mol. The maximum Gasteiger partial charge on any atom is 0.253 e. The number of rotatable bonds is 6. The van der Waals surface area contributed by atoms with Crippen LogP contribution in [0.5, 0.6) is 5.75 Å². The van der Waals surface area contributed by atoms with Crippen molar-refractivity contribution in [2.24, 2.45) is 4.99 Å². The fourth-order valence-corrected chi connectivity index (χ4v) is 2.40. The van der Waals surface area contributed by atoms with E-state index >= 15 is 0 Å². The molecule has 0 heterocycles. The van der Waals surface area contributed by atoms with Crippen LogP contribution in [-0.2, 0) is 13.1 Å². The van der Waals surface area contributed by atoms with Crippen LogP contribution in [-0.4, -0.2) is 45.0 Å². The molecule has 0 fully saturated rings. The van der Waals surface area contributed by atoms with Crippen molar-refractivity contribution in [3.05, 3.63) is 65.2 Å². The zero-order chi connectivity index (χ0) is 18.9. The second-order valence-corrected chi connectivity index (χ2v) is 6.03. The van der Waals surface area contributed by atoms with Crippen LogP contribution >= 0.6 is 24.0 Å². The minimum atomic E-state index is 0. The van der Waals surface area contributed by atoms with Gasteiger partial charge in [0.2, 0.25) is 0 Å². The molecule has 27 heavy (non-hydrogen) atoms. The predicted molar refractivity (Wildman–Crippen MR) is 120 cm³/mol. The summed E-state index contributed by atoms with van der Waals surface area (Å²) in [6.07, 6.45) is 0. The van der Waals surface area contributed by atoms with Crippen LogP contribution in [0.4, 0.5) is 0 Å². The van der Waals surface area contributed by atoms with Crippen LogP contribution in [0, 0.1) is 0 Å². The fourth-order valence-electron chi connectivity index (χ4n) is 2.40. The minimum Gasteiger partial charge on any atom is -0.497 e. The van der Waals surface area contributed by atoms with Gasteiger partial charge in [0.25, 0.3) is 5.91 Å². The van der Waals surface area contributed by atoms with Crippen molar-refractivity contribution in [2.75, 3.05) is 28.3 Å². The van der Waals surface area contributed by atoms with E-state index in [-0.39, 0.29) is 29.9 Å². The van der Waals surface area contributed by atoms with Gasteiger partial charge in [0.15, 0.2) is 5.96 Å². The molecule has 2 rings (SSSR count). The molecule has 0 saturated carbocycles. The van der Waals surface area contributed by atoms with E-state index in [1.54, 1.807) is 33.2 Å². The molecule has 7 heteroatoms. The monoisotopic (exact) mass is 482 g/mol. The van der Waals surface area contributed by atoms with Crippen molar-refractivity contribution in [2.45, 2.75) is 13.1 Å². The first-order valence-electron chi connectivity index (χ1n) is 8.41. The number of carbonyl (C=O) groups excluding carboxylic acids is 1. The summed E-state index contributed by atoms with van der Waals surface area (Å²) < 4.78 is 5.23. The van der Waals surface area contributed by atoms with Crippen molar-refractivity contribution in [1.29, 1.82) is 0 Å². The van der Waals surface area contributed by atoms with E-state index in [0.717, 1.165) is 16.9 Å². The number of guanidine groups is 1. The lowest BCUT2D eigenvalue weighted by atomic mass is 10.1. The molecule has 6 nitrogen and oxygen atoms in total. The average Bonchev–Trinajstić information content (AvgIpc) is 2.68. The molecule has 2 aromatic rings. The highest BCUT2D eigenvalue weighted by Gasteiger charge is 2.07. The molecule has 0 saturated heterocycles. The number of benzene rings is 2. The van der Waals surface area contributed by atoms with Crippen LogP contribution in [0.25, 0.3) is 0 Å². The van der Waals surface area contributed by atoms with Gasteiger partial charge in [-0.05, 0) is 35.4 Å². The summed E-state index contributed by atoms with van der Waals surface area (Å²) >= 11 is 0. The van der Waals surface area contributed by atoms with Crippen molar-refractivity contribution in [1.82, 2.24) is 15.5 Å². The third-order valence-electron chi connectivity index (χ3n) is 3.88. The molecule has 0 aliphatic heterocycles. The highest BCUT2D eigenvalue weighted by atomic mass is 127. The number of nitrogens with one attached hydrogen (secondary N) is 2. The van der Waals surface area contributed by atoms with Gasteiger partial charge in [0.1, 0.15) is 5.75 Å². The summed E-state index contributed by atoms with van der Waals surface area (Å²) in [5, 5.41) is 6.54. The van der Waals surface area contributed by atoms with E-state index in [0.29, 0.717) is 24.6 Å². The number of halogens is 1. The van der Waals surface area contributed by atoms with Gasteiger partial charge in [-0.15, -0.1) is 24.0 Å².